The SMILES string of the molecule is C[C@@H]1[C@H]2C[C@@H](C[C@H]1B(CCCC(=O)c1ccccc1)[C@@H]1C[C@@H]3C[C@H]([C@H]1C)C3(C)C)C2(C)C. The van der Waals surface area contributed by atoms with Gasteiger partial charge in [-0.2, -0.15) is 0 Å². The highest BCUT2D eigenvalue weighted by Gasteiger charge is 2.62. The summed E-state index contributed by atoms with van der Waals surface area (Å²) >= 11 is 0. The number of hydrogen-bond donors (Lipinski definition) is 0. The van der Waals surface area contributed by atoms with Gasteiger partial charge in [-0.05, 0) is 59.2 Å². The Morgan fingerprint density at radius 3 is 1.78 bits per heavy atom. The summed E-state index contributed by atoms with van der Waals surface area (Å²) in [6, 6.07) is 9.95. The topological polar surface area (TPSA) is 17.1 Å². The molecule has 7 rings (SSSR count). The van der Waals surface area contributed by atoms with E-state index in [4.69, 9.17) is 0 Å². The molecule has 0 spiro atoms. The molecule has 0 amide bonds. The Kier molecular flexibility index (Phi) is 5.70. The van der Waals surface area contributed by atoms with E-state index in [1.165, 1.54) is 32.0 Å². The number of fused-ring (bicyclic) bond motifs is 4. The van der Waals surface area contributed by atoms with E-state index in [1.807, 2.05) is 30.3 Å². The second-order valence-electron chi connectivity index (χ2n) is 13.6. The predicted octanol–water partition coefficient (Wildman–Crippen LogP) is 8.29. The van der Waals surface area contributed by atoms with Crippen LogP contribution in [0.15, 0.2) is 30.3 Å². The van der Waals surface area contributed by atoms with Crippen LogP contribution in [0.4, 0.5) is 0 Å². The number of Topliss-reactive ketones (excluding diaryl/α,β-unsaturated/α-hetero) is 1. The van der Waals surface area contributed by atoms with E-state index < -0.39 is 0 Å². The monoisotopic (exact) mass is 432 g/mol. The molecule has 0 N–H and O–H groups in total. The van der Waals surface area contributed by atoms with E-state index >= 15 is 0 Å². The van der Waals surface area contributed by atoms with Crippen LogP contribution in [0.2, 0.25) is 18.0 Å². The summed E-state index contributed by atoms with van der Waals surface area (Å²) in [5, 5.41) is 0. The van der Waals surface area contributed by atoms with Gasteiger partial charge in [0.15, 0.2) is 5.78 Å². The van der Waals surface area contributed by atoms with Crippen LogP contribution in [0.25, 0.3) is 0 Å². The first-order chi connectivity index (χ1) is 15.1. The standard InChI is InChI=1S/C30H45BO/c1-19-24-15-22(29(24,3)4)17-26(19)31(14-10-13-28(32)21-11-8-7-9-12-21)27-18-23-16-25(20(27)2)30(23,5)6/h7-9,11-12,19-20,22-27H,10,13-18H2,1-6H3/t19-,20-,22+,23+,24-,25-,26-,27-/m1/s1. The maximum Gasteiger partial charge on any atom is 0.162 e. The Morgan fingerprint density at radius 1 is 0.844 bits per heavy atom. The average Bonchev–Trinajstić information content (AvgIpc) is 2.77. The van der Waals surface area contributed by atoms with Crippen LogP contribution < -0.4 is 0 Å². The van der Waals surface area contributed by atoms with Gasteiger partial charge in [0, 0.05) is 12.0 Å². The van der Waals surface area contributed by atoms with Crippen LogP contribution in [0.1, 0.15) is 90.4 Å². The molecule has 1 aromatic rings. The third-order valence-corrected chi connectivity index (χ3v) is 12.0. The van der Waals surface area contributed by atoms with E-state index in [0.29, 0.717) is 16.6 Å². The fourth-order valence-corrected chi connectivity index (χ4v) is 9.52. The largest absolute Gasteiger partial charge is 0.294 e. The zero-order chi connectivity index (χ0) is 22.8. The molecule has 32 heavy (non-hydrogen) atoms. The molecule has 0 saturated heterocycles. The Balaban J connectivity index is 1.31. The maximum absolute atomic E-state index is 12.8. The molecule has 0 heterocycles. The van der Waals surface area contributed by atoms with Gasteiger partial charge in [0.05, 0.1) is 0 Å². The summed E-state index contributed by atoms with van der Waals surface area (Å²) in [5.74, 6) is 7.52. The van der Waals surface area contributed by atoms with Gasteiger partial charge in [0.2, 0.25) is 0 Å². The van der Waals surface area contributed by atoms with Crippen LogP contribution in [0.3, 0.4) is 0 Å². The first-order valence-corrected chi connectivity index (χ1v) is 13.7. The fraction of sp³-hybridized carbons (Fsp3) is 0.767. The van der Waals surface area contributed by atoms with E-state index in [-0.39, 0.29) is 0 Å². The molecule has 0 aliphatic heterocycles. The molecular weight excluding hydrogens is 387 g/mol. The Morgan fingerprint density at radius 2 is 1.34 bits per heavy atom. The van der Waals surface area contributed by atoms with Gasteiger partial charge in [-0.25, -0.2) is 0 Å². The normalized spacial score (nSPS) is 40.7. The van der Waals surface area contributed by atoms with Crippen LogP contribution in [-0.4, -0.2) is 12.5 Å². The lowest BCUT2D eigenvalue weighted by atomic mass is 9.20. The molecule has 4 bridgehead atoms. The minimum Gasteiger partial charge on any atom is -0.294 e. The fourth-order valence-electron chi connectivity index (χ4n) is 9.52. The lowest BCUT2D eigenvalue weighted by molar-refractivity contribution is -0.107. The Bertz CT molecular complexity index is 800. The molecule has 6 aliphatic rings. The van der Waals surface area contributed by atoms with Crippen LogP contribution in [0, 0.1) is 46.3 Å². The molecular formula is C30H45BO. The quantitative estimate of drug-likeness (QED) is 0.313. The molecule has 6 fully saturated rings. The third kappa shape index (κ3) is 3.45. The highest BCUT2D eigenvalue weighted by Crippen LogP contribution is 2.69. The second-order valence-corrected chi connectivity index (χ2v) is 13.6. The molecule has 174 valence electrons. The van der Waals surface area contributed by atoms with Gasteiger partial charge < -0.3 is 0 Å². The molecule has 6 aliphatic carbocycles. The molecule has 8 atom stereocenters. The highest BCUT2D eigenvalue weighted by molar-refractivity contribution is 6.62. The highest BCUT2D eigenvalue weighted by atomic mass is 16.1. The predicted molar refractivity (Wildman–Crippen MR) is 136 cm³/mol. The van der Waals surface area contributed by atoms with Crippen molar-refractivity contribution in [1.29, 1.82) is 0 Å². The summed E-state index contributed by atoms with van der Waals surface area (Å²) in [6.45, 7) is 16.1. The molecule has 0 radical (unpaired) electrons. The molecule has 6 saturated carbocycles. The minimum atomic E-state index is 0.339. The van der Waals surface area contributed by atoms with Gasteiger partial charge in [-0.15, -0.1) is 0 Å². The van der Waals surface area contributed by atoms with Crippen molar-refractivity contribution < 1.29 is 4.79 Å². The Hall–Kier alpha value is -1.05. The number of hydrogen-bond acceptors (Lipinski definition) is 1. The zero-order valence-corrected chi connectivity index (χ0v) is 21.4. The van der Waals surface area contributed by atoms with E-state index in [9.17, 15) is 4.79 Å². The number of benzene rings is 1. The van der Waals surface area contributed by atoms with Crippen molar-refractivity contribution in [2.45, 2.75) is 98.0 Å². The summed E-state index contributed by atoms with van der Waals surface area (Å²) in [5.41, 5.74) is 2.02. The molecule has 1 aromatic carbocycles. The summed E-state index contributed by atoms with van der Waals surface area (Å²) < 4.78 is 0. The second kappa shape index (κ2) is 8.02. The van der Waals surface area contributed by atoms with Crippen LogP contribution in [-0.2, 0) is 0 Å². The number of ketones is 1. The average molecular weight is 433 g/mol. The summed E-state index contributed by atoms with van der Waals surface area (Å²) in [4.78, 5) is 12.8. The zero-order valence-electron chi connectivity index (χ0n) is 21.4. The first-order valence-electron chi connectivity index (χ1n) is 13.7. The molecule has 2 heteroatoms. The maximum atomic E-state index is 12.8. The van der Waals surface area contributed by atoms with Crippen molar-refractivity contribution in [1.82, 2.24) is 0 Å². The van der Waals surface area contributed by atoms with E-state index in [2.05, 4.69) is 41.5 Å². The van der Waals surface area contributed by atoms with Crippen molar-refractivity contribution >= 4 is 12.5 Å². The number of carbonyl (C=O) groups excluding carboxylic acids is 1. The van der Waals surface area contributed by atoms with Crippen molar-refractivity contribution in [3.05, 3.63) is 35.9 Å². The lowest BCUT2D eigenvalue weighted by Crippen LogP contribution is -2.59. The van der Waals surface area contributed by atoms with Crippen molar-refractivity contribution in [3.8, 4) is 0 Å². The molecule has 1 nitrogen and oxygen atoms in total. The van der Waals surface area contributed by atoms with Crippen molar-refractivity contribution in [2.24, 2.45) is 46.3 Å². The van der Waals surface area contributed by atoms with Crippen LogP contribution in [0.5, 0.6) is 0 Å². The van der Waals surface area contributed by atoms with Gasteiger partial charge in [-0.1, -0.05) is 109 Å². The van der Waals surface area contributed by atoms with E-state index in [0.717, 1.165) is 72.3 Å². The third-order valence-electron chi connectivity index (χ3n) is 12.0. The lowest BCUT2D eigenvalue weighted by Gasteiger charge is -2.66. The molecule has 0 unspecified atom stereocenters. The van der Waals surface area contributed by atoms with Gasteiger partial charge in [-0.3, -0.25) is 4.79 Å². The smallest absolute Gasteiger partial charge is 0.162 e. The van der Waals surface area contributed by atoms with Crippen molar-refractivity contribution in [2.75, 3.05) is 0 Å². The van der Waals surface area contributed by atoms with Crippen molar-refractivity contribution in [3.63, 3.8) is 0 Å². The summed E-state index contributed by atoms with van der Waals surface area (Å²) in [7, 11) is 0. The number of rotatable bonds is 7. The minimum absolute atomic E-state index is 0.339. The van der Waals surface area contributed by atoms with E-state index in [1.54, 1.807) is 0 Å². The number of carbonyl (C=O) groups is 1. The summed E-state index contributed by atoms with van der Waals surface area (Å²) in [6.07, 6.45) is 8.91. The van der Waals surface area contributed by atoms with Gasteiger partial charge in [0.25, 0.3) is 0 Å². The molecule has 0 aromatic heterocycles. The first kappa shape index (κ1) is 22.7. The van der Waals surface area contributed by atoms with Gasteiger partial charge in [0.1, 0.15) is 6.71 Å². The van der Waals surface area contributed by atoms with Gasteiger partial charge >= 0.3 is 0 Å². The Labute approximate surface area is 197 Å². The van der Waals surface area contributed by atoms with Crippen LogP contribution >= 0.6 is 0 Å².